The lowest BCUT2D eigenvalue weighted by Crippen LogP contribution is -2.55. The Morgan fingerprint density at radius 1 is 1.06 bits per heavy atom. The van der Waals surface area contributed by atoms with E-state index in [1.54, 1.807) is 49.8 Å². The highest BCUT2D eigenvalue weighted by atomic mass is 19.1. The Bertz CT molecular complexity index is 1880. The number of nitrogens with one attached hydrogen (secondary N) is 5. The number of fused-ring (bicyclic) bond motifs is 1. The molecule has 9 N–H and O–H groups in total. The molecule has 1 unspecified atom stereocenters. The summed E-state index contributed by atoms with van der Waals surface area (Å²) >= 11 is 0. The highest BCUT2D eigenvalue weighted by Gasteiger charge is 2.23. The average Bonchev–Trinajstić information content (AvgIpc) is 3.55. The van der Waals surface area contributed by atoms with Gasteiger partial charge < -0.3 is 42.8 Å². The first-order valence-corrected chi connectivity index (χ1v) is 16.8. The van der Waals surface area contributed by atoms with Gasteiger partial charge in [-0.1, -0.05) is 26.8 Å². The third-order valence-corrected chi connectivity index (χ3v) is 8.31. The molecule has 0 fully saturated rings. The summed E-state index contributed by atoms with van der Waals surface area (Å²) in [6.07, 6.45) is 7.34. The average molecular weight is 703 g/mol. The van der Waals surface area contributed by atoms with Crippen molar-refractivity contribution in [3.8, 4) is 17.0 Å². The molecule has 0 saturated carbocycles. The molecule has 4 rings (SSSR count). The fourth-order valence-electron chi connectivity index (χ4n) is 5.51. The van der Waals surface area contributed by atoms with E-state index in [-0.39, 0.29) is 30.6 Å². The summed E-state index contributed by atoms with van der Waals surface area (Å²) in [6.45, 7) is 9.75. The van der Waals surface area contributed by atoms with Crippen molar-refractivity contribution >= 4 is 34.9 Å². The Labute approximate surface area is 296 Å². The van der Waals surface area contributed by atoms with E-state index in [0.29, 0.717) is 65.3 Å². The molecule has 14 nitrogen and oxygen atoms in total. The summed E-state index contributed by atoms with van der Waals surface area (Å²) in [5, 5.41) is 14.4. The Morgan fingerprint density at radius 3 is 2.53 bits per heavy atom. The van der Waals surface area contributed by atoms with E-state index in [9.17, 15) is 18.8 Å². The van der Waals surface area contributed by atoms with Crippen molar-refractivity contribution in [1.82, 2.24) is 35.6 Å². The Morgan fingerprint density at radius 2 is 1.82 bits per heavy atom. The molecule has 0 bridgehead atoms. The molecule has 0 aliphatic rings. The van der Waals surface area contributed by atoms with Crippen LogP contribution in [0.4, 0.5) is 15.9 Å². The molecule has 0 aliphatic heterocycles. The maximum atomic E-state index is 14.8. The number of methoxy groups -OCH3 is 1. The Kier molecular flexibility index (Phi) is 13.3. The predicted octanol–water partition coefficient (Wildman–Crippen LogP) is 3.03. The number of halogens is 1. The summed E-state index contributed by atoms with van der Waals surface area (Å²) in [5.41, 5.74) is 15.9. The van der Waals surface area contributed by atoms with E-state index < -0.39 is 29.7 Å². The molecule has 2 aromatic carbocycles. The van der Waals surface area contributed by atoms with Crippen molar-refractivity contribution in [3.05, 3.63) is 83.8 Å². The quantitative estimate of drug-likeness (QED) is 0.0756. The number of carbonyl (C=O) groups excluding carboxylic acids is 3. The first kappa shape index (κ1) is 38.1. The number of rotatable bonds is 18. The summed E-state index contributed by atoms with van der Waals surface area (Å²) in [5.74, 6) is -0.682. The predicted molar refractivity (Wildman–Crippen MR) is 195 cm³/mol. The zero-order valence-electron chi connectivity index (χ0n) is 29.4. The molecule has 2 atom stereocenters. The minimum atomic E-state index is -0.908. The number of hydrogen-bond donors (Lipinski definition) is 7. The number of aryl methyl sites for hydroxylation is 1. The maximum Gasteiger partial charge on any atom is 0.251 e. The van der Waals surface area contributed by atoms with E-state index in [4.69, 9.17) is 16.2 Å². The van der Waals surface area contributed by atoms with Crippen molar-refractivity contribution in [1.29, 1.82) is 0 Å². The minimum absolute atomic E-state index is 0.0477. The van der Waals surface area contributed by atoms with Crippen molar-refractivity contribution in [2.24, 2.45) is 11.5 Å². The molecule has 0 spiro atoms. The van der Waals surface area contributed by atoms with Crippen molar-refractivity contribution in [3.63, 3.8) is 0 Å². The number of amides is 3. The van der Waals surface area contributed by atoms with E-state index in [1.165, 1.54) is 7.11 Å². The molecule has 2 aromatic heterocycles. The summed E-state index contributed by atoms with van der Waals surface area (Å²) < 4.78 is 21.8. The lowest BCUT2D eigenvalue weighted by atomic mass is 10.0. The van der Waals surface area contributed by atoms with Crippen LogP contribution in [0.25, 0.3) is 16.9 Å². The van der Waals surface area contributed by atoms with Crippen LogP contribution in [-0.4, -0.2) is 70.9 Å². The molecule has 3 amide bonds. The van der Waals surface area contributed by atoms with Crippen molar-refractivity contribution < 1.29 is 23.5 Å². The molecule has 51 heavy (non-hydrogen) atoms. The van der Waals surface area contributed by atoms with E-state index in [0.717, 1.165) is 12.0 Å². The Hall–Kier alpha value is -5.70. The number of nitrogens with zero attached hydrogens (tertiary/aromatic N) is 3. The van der Waals surface area contributed by atoms with E-state index >= 15 is 0 Å². The van der Waals surface area contributed by atoms with Crippen LogP contribution in [0, 0.1) is 12.7 Å². The number of benzene rings is 2. The summed E-state index contributed by atoms with van der Waals surface area (Å²) in [4.78, 5) is 47.4. The van der Waals surface area contributed by atoms with Crippen LogP contribution < -0.4 is 42.8 Å². The van der Waals surface area contributed by atoms with Gasteiger partial charge in [-0.25, -0.2) is 14.4 Å². The summed E-state index contributed by atoms with van der Waals surface area (Å²) in [7, 11) is 1.43. The Balaban J connectivity index is 1.35. The van der Waals surface area contributed by atoms with Crippen LogP contribution in [0.3, 0.4) is 0 Å². The normalized spacial score (nSPS) is 12.1. The van der Waals surface area contributed by atoms with Gasteiger partial charge in [0.15, 0.2) is 23.0 Å². The molecule has 0 saturated heterocycles. The van der Waals surface area contributed by atoms with Gasteiger partial charge in [0.05, 0.1) is 30.9 Å². The van der Waals surface area contributed by atoms with Gasteiger partial charge in [0.1, 0.15) is 6.04 Å². The molecular weight excluding hydrogens is 655 g/mol. The zero-order chi connectivity index (χ0) is 37.1. The van der Waals surface area contributed by atoms with Gasteiger partial charge in [0.2, 0.25) is 11.8 Å². The summed E-state index contributed by atoms with van der Waals surface area (Å²) in [6, 6.07) is 7.17. The first-order valence-electron chi connectivity index (χ1n) is 16.8. The van der Waals surface area contributed by atoms with Crippen LogP contribution in [0.1, 0.15) is 54.6 Å². The molecule has 0 radical (unpaired) electrons. The maximum absolute atomic E-state index is 14.8. The number of ether oxygens (including phenoxy) is 1. The zero-order valence-corrected chi connectivity index (χ0v) is 29.4. The number of nitrogens with two attached hydrogens (primary N) is 2. The highest BCUT2D eigenvalue weighted by molar-refractivity contribution is 5.96. The lowest BCUT2D eigenvalue weighted by molar-refractivity contribution is -0.129. The highest BCUT2D eigenvalue weighted by Crippen LogP contribution is 2.32. The van der Waals surface area contributed by atoms with Crippen LogP contribution in [0.5, 0.6) is 5.75 Å². The molecule has 0 aliphatic carbocycles. The third kappa shape index (κ3) is 9.51. The second kappa shape index (κ2) is 17.8. The second-order valence-corrected chi connectivity index (χ2v) is 12.0. The van der Waals surface area contributed by atoms with Crippen LogP contribution in [-0.2, 0) is 16.0 Å². The lowest BCUT2D eigenvalue weighted by Gasteiger charge is -2.21. The van der Waals surface area contributed by atoms with Crippen molar-refractivity contribution in [2.45, 2.75) is 58.5 Å². The molecule has 2 heterocycles. The first-order chi connectivity index (χ1) is 24.5. The van der Waals surface area contributed by atoms with Gasteiger partial charge in [-0.3, -0.25) is 18.8 Å². The molecular formula is C36H47FN10O4. The standard InChI is InChI=1S/C36H47FN10O4/c1-6-9-27(39)35(49)46-28(19-43-22(4)38)36(50)42-15-8-14-41-34(48)26-11-10-24(18-23(26)7-2)45-32-33-44-20-29(47(33)17-16-40-32)25-12-13-30(51-5)31(37)21(25)3/h10-13,16-18,20,27-28,43H,4,6-9,14-15,19,38-39H2,1-3,5H3,(H,40,45)(H,41,48)(H,42,50)(H,46,49)/t27-,28?/m0/s1. The minimum Gasteiger partial charge on any atom is -0.494 e. The fraction of sp³-hybridized carbons (Fsp3) is 0.361. The topological polar surface area (TPSA) is 203 Å². The van der Waals surface area contributed by atoms with Gasteiger partial charge in [0.25, 0.3) is 5.91 Å². The van der Waals surface area contributed by atoms with Gasteiger partial charge >= 0.3 is 0 Å². The van der Waals surface area contributed by atoms with Gasteiger partial charge in [-0.05, 0) is 67.6 Å². The SMILES string of the molecule is C=C(N)NCC(NC(=O)[C@@H](N)CCC)C(=O)NCCCNC(=O)c1ccc(Nc2nccn3c(-c4ccc(OC)c(F)c4C)cnc23)cc1CC. The van der Waals surface area contributed by atoms with Crippen LogP contribution in [0.2, 0.25) is 0 Å². The number of anilines is 2. The van der Waals surface area contributed by atoms with E-state index in [1.807, 2.05) is 24.3 Å². The van der Waals surface area contributed by atoms with Gasteiger partial charge in [0, 0.05) is 48.8 Å². The van der Waals surface area contributed by atoms with E-state index in [2.05, 4.69) is 43.1 Å². The van der Waals surface area contributed by atoms with Gasteiger partial charge in [-0.2, -0.15) is 0 Å². The largest absolute Gasteiger partial charge is 0.494 e. The number of carbonyl (C=O) groups is 3. The molecule has 272 valence electrons. The fourth-order valence-corrected chi connectivity index (χ4v) is 5.51. The van der Waals surface area contributed by atoms with Gasteiger partial charge in [-0.15, -0.1) is 0 Å². The van der Waals surface area contributed by atoms with Crippen LogP contribution in [0.15, 0.2) is 61.3 Å². The monoisotopic (exact) mass is 702 g/mol. The number of aromatic nitrogens is 3. The number of hydrogen-bond acceptors (Lipinski definition) is 10. The number of imidazole rings is 1. The molecule has 4 aromatic rings. The second-order valence-electron chi connectivity index (χ2n) is 12.0. The smallest absolute Gasteiger partial charge is 0.251 e. The van der Waals surface area contributed by atoms with Crippen molar-refractivity contribution in [2.75, 3.05) is 32.1 Å². The third-order valence-electron chi connectivity index (χ3n) is 8.31. The van der Waals surface area contributed by atoms with Crippen LogP contribution >= 0.6 is 0 Å². The molecule has 15 heteroatoms.